The molecule has 1 fully saturated rings. The van der Waals surface area contributed by atoms with E-state index in [1.165, 1.54) is 0 Å². The topological polar surface area (TPSA) is 75.9 Å². The molecule has 0 saturated carbocycles. The number of nitrogens with zero attached hydrogens (tertiary/aromatic N) is 5. The summed E-state index contributed by atoms with van der Waals surface area (Å²) in [5, 5.41) is 15.9. The van der Waals surface area contributed by atoms with Gasteiger partial charge in [-0.3, -0.25) is 4.79 Å². The van der Waals surface area contributed by atoms with E-state index in [0.717, 1.165) is 37.3 Å². The van der Waals surface area contributed by atoms with Crippen molar-refractivity contribution in [2.24, 2.45) is 5.92 Å². The van der Waals surface area contributed by atoms with Crippen LogP contribution in [0.1, 0.15) is 31.4 Å². The number of rotatable bonds is 5. The van der Waals surface area contributed by atoms with Crippen LogP contribution in [0.3, 0.4) is 0 Å². The third-order valence-corrected chi connectivity index (χ3v) is 5.22. The van der Waals surface area contributed by atoms with Gasteiger partial charge in [0.05, 0.1) is 6.04 Å². The van der Waals surface area contributed by atoms with Crippen molar-refractivity contribution in [3.05, 3.63) is 66.5 Å². The van der Waals surface area contributed by atoms with Crippen LogP contribution in [0.2, 0.25) is 0 Å². The Balaban J connectivity index is 1.31. The molecule has 0 radical (unpaired) electrons. The Kier molecular flexibility index (Phi) is 5.32. The highest BCUT2D eigenvalue weighted by molar-refractivity contribution is 5.79. The Morgan fingerprint density at radius 1 is 1.04 bits per heavy atom. The first-order chi connectivity index (χ1) is 13.7. The third-order valence-electron chi connectivity index (χ3n) is 5.22. The van der Waals surface area contributed by atoms with E-state index >= 15 is 0 Å². The molecular formula is C21H24N6O. The number of amides is 1. The number of hydrogen-bond acceptors (Lipinski definition) is 5. The first kappa shape index (κ1) is 18.2. The Morgan fingerprint density at radius 3 is 2.39 bits per heavy atom. The smallest absolute Gasteiger partial charge is 0.223 e. The first-order valence-corrected chi connectivity index (χ1v) is 9.65. The zero-order chi connectivity index (χ0) is 19.3. The molecule has 3 heterocycles. The minimum absolute atomic E-state index is 0.0208. The molecule has 1 aromatic carbocycles. The maximum atomic E-state index is 12.6. The Morgan fingerprint density at radius 2 is 1.75 bits per heavy atom. The summed E-state index contributed by atoms with van der Waals surface area (Å²) in [7, 11) is 0. The van der Waals surface area contributed by atoms with Gasteiger partial charge in [0.1, 0.15) is 0 Å². The van der Waals surface area contributed by atoms with Gasteiger partial charge in [-0.15, -0.1) is 10.2 Å². The number of anilines is 1. The van der Waals surface area contributed by atoms with Gasteiger partial charge in [0, 0.05) is 31.4 Å². The number of benzene rings is 1. The summed E-state index contributed by atoms with van der Waals surface area (Å²) in [6.45, 7) is 3.63. The molecular weight excluding hydrogens is 352 g/mol. The summed E-state index contributed by atoms with van der Waals surface area (Å²) in [5.74, 6) is 1.71. The quantitative estimate of drug-likeness (QED) is 0.741. The van der Waals surface area contributed by atoms with Crippen LogP contribution >= 0.6 is 0 Å². The second-order valence-corrected chi connectivity index (χ2v) is 7.10. The lowest BCUT2D eigenvalue weighted by Crippen LogP contribution is -2.41. The molecule has 0 aliphatic carbocycles. The van der Waals surface area contributed by atoms with Gasteiger partial charge in [0.25, 0.3) is 0 Å². The molecule has 28 heavy (non-hydrogen) atoms. The van der Waals surface area contributed by atoms with Crippen LogP contribution in [-0.2, 0) is 4.79 Å². The Labute approximate surface area is 164 Å². The van der Waals surface area contributed by atoms with Crippen molar-refractivity contribution in [1.82, 2.24) is 25.3 Å². The molecule has 1 amide bonds. The van der Waals surface area contributed by atoms with Crippen molar-refractivity contribution < 1.29 is 4.79 Å². The second kappa shape index (κ2) is 8.21. The first-order valence-electron chi connectivity index (χ1n) is 9.65. The van der Waals surface area contributed by atoms with E-state index in [-0.39, 0.29) is 17.9 Å². The zero-order valence-corrected chi connectivity index (χ0v) is 15.9. The van der Waals surface area contributed by atoms with E-state index in [9.17, 15) is 4.79 Å². The summed E-state index contributed by atoms with van der Waals surface area (Å²) in [6.07, 6.45) is 5.18. The van der Waals surface area contributed by atoms with Gasteiger partial charge < -0.3 is 10.2 Å². The normalized spacial score (nSPS) is 16.0. The fraction of sp³-hybridized carbons (Fsp3) is 0.333. The van der Waals surface area contributed by atoms with Gasteiger partial charge in [0.15, 0.2) is 11.6 Å². The standard InChI is InChI=1S/C21H24N6O/c1-16(17-6-3-2-4-7-17)23-21(28)18-10-14-26(15-11-18)19-8-9-20(25-24-19)27-13-5-12-22-27/h2-9,12-13,16,18H,10-11,14-15H2,1H3,(H,23,28). The molecule has 0 bridgehead atoms. The molecule has 7 heteroatoms. The van der Waals surface area contributed by atoms with Crippen LogP contribution in [0.5, 0.6) is 0 Å². The molecule has 3 aromatic rings. The monoisotopic (exact) mass is 376 g/mol. The van der Waals surface area contributed by atoms with E-state index in [1.54, 1.807) is 10.9 Å². The van der Waals surface area contributed by atoms with Gasteiger partial charge in [-0.25, -0.2) is 4.68 Å². The minimum Gasteiger partial charge on any atom is -0.355 e. The fourth-order valence-corrected chi connectivity index (χ4v) is 3.54. The van der Waals surface area contributed by atoms with Gasteiger partial charge in [-0.2, -0.15) is 5.10 Å². The predicted molar refractivity (Wildman–Crippen MR) is 107 cm³/mol. The number of carbonyl (C=O) groups excluding carboxylic acids is 1. The van der Waals surface area contributed by atoms with Crippen LogP contribution in [0.25, 0.3) is 5.82 Å². The molecule has 1 unspecified atom stereocenters. The lowest BCUT2D eigenvalue weighted by Gasteiger charge is -2.32. The van der Waals surface area contributed by atoms with Crippen molar-refractivity contribution in [2.45, 2.75) is 25.8 Å². The van der Waals surface area contributed by atoms with E-state index in [0.29, 0.717) is 5.82 Å². The summed E-state index contributed by atoms with van der Waals surface area (Å²) in [6, 6.07) is 15.8. The molecule has 1 aliphatic rings. The predicted octanol–water partition coefficient (Wildman–Crippen LogP) is 2.76. The average molecular weight is 376 g/mol. The maximum absolute atomic E-state index is 12.6. The molecule has 1 aliphatic heterocycles. The van der Waals surface area contributed by atoms with Crippen molar-refractivity contribution >= 4 is 11.7 Å². The van der Waals surface area contributed by atoms with Crippen LogP contribution in [0.4, 0.5) is 5.82 Å². The maximum Gasteiger partial charge on any atom is 0.223 e. The van der Waals surface area contributed by atoms with Gasteiger partial charge in [-0.1, -0.05) is 30.3 Å². The van der Waals surface area contributed by atoms with Crippen molar-refractivity contribution in [3.63, 3.8) is 0 Å². The van der Waals surface area contributed by atoms with E-state index in [2.05, 4.69) is 25.5 Å². The zero-order valence-electron chi connectivity index (χ0n) is 15.9. The number of nitrogens with one attached hydrogen (secondary N) is 1. The fourth-order valence-electron chi connectivity index (χ4n) is 3.54. The summed E-state index contributed by atoms with van der Waals surface area (Å²) < 4.78 is 1.68. The molecule has 0 spiro atoms. The van der Waals surface area contributed by atoms with E-state index < -0.39 is 0 Å². The molecule has 1 saturated heterocycles. The summed E-state index contributed by atoms with van der Waals surface area (Å²) >= 11 is 0. The average Bonchev–Trinajstić information content (AvgIpc) is 3.29. The van der Waals surface area contributed by atoms with E-state index in [4.69, 9.17) is 0 Å². The molecule has 2 aromatic heterocycles. The second-order valence-electron chi connectivity index (χ2n) is 7.10. The van der Waals surface area contributed by atoms with Gasteiger partial charge in [0.2, 0.25) is 5.91 Å². The van der Waals surface area contributed by atoms with E-state index in [1.807, 2.05) is 61.7 Å². The van der Waals surface area contributed by atoms with Crippen LogP contribution in [-0.4, -0.2) is 39.0 Å². The Bertz CT molecular complexity index is 886. The number of aromatic nitrogens is 4. The van der Waals surface area contributed by atoms with Crippen LogP contribution in [0.15, 0.2) is 60.9 Å². The number of carbonyl (C=O) groups is 1. The third kappa shape index (κ3) is 4.03. The molecule has 4 rings (SSSR count). The highest BCUT2D eigenvalue weighted by Crippen LogP contribution is 2.23. The lowest BCUT2D eigenvalue weighted by molar-refractivity contribution is -0.126. The lowest BCUT2D eigenvalue weighted by atomic mass is 9.95. The molecule has 1 N–H and O–H groups in total. The summed E-state index contributed by atoms with van der Waals surface area (Å²) in [4.78, 5) is 14.8. The Hall–Kier alpha value is -3.22. The van der Waals surface area contributed by atoms with Gasteiger partial charge >= 0.3 is 0 Å². The van der Waals surface area contributed by atoms with Crippen molar-refractivity contribution in [3.8, 4) is 5.82 Å². The SMILES string of the molecule is CC(NC(=O)C1CCN(c2ccc(-n3cccn3)nn2)CC1)c1ccccc1. The van der Waals surface area contributed by atoms with Crippen LogP contribution < -0.4 is 10.2 Å². The molecule has 7 nitrogen and oxygen atoms in total. The summed E-state index contributed by atoms with van der Waals surface area (Å²) in [5.41, 5.74) is 1.13. The van der Waals surface area contributed by atoms with Crippen molar-refractivity contribution in [1.29, 1.82) is 0 Å². The minimum atomic E-state index is 0.0208. The van der Waals surface area contributed by atoms with Gasteiger partial charge in [-0.05, 0) is 43.5 Å². The largest absolute Gasteiger partial charge is 0.355 e. The van der Waals surface area contributed by atoms with Crippen molar-refractivity contribution in [2.75, 3.05) is 18.0 Å². The number of hydrogen-bond donors (Lipinski definition) is 1. The highest BCUT2D eigenvalue weighted by atomic mass is 16.1. The number of piperidine rings is 1. The highest BCUT2D eigenvalue weighted by Gasteiger charge is 2.26. The van der Waals surface area contributed by atoms with Crippen LogP contribution in [0, 0.1) is 5.92 Å². The molecule has 144 valence electrons. The molecule has 1 atom stereocenters.